The molecule has 3 nitrogen and oxygen atoms in total. The molecule has 3 radical (unpaired) electrons. The largest absolute Gasteiger partial charge is 0.539 e. The molecule has 0 unspecified atom stereocenters. The maximum absolute atomic E-state index is 7.78. The molecule has 0 fully saturated rings. The molecule has 5 heteroatoms. The van der Waals surface area contributed by atoms with Crippen LogP contribution in [0.15, 0.2) is 0 Å². The summed E-state index contributed by atoms with van der Waals surface area (Å²) in [7, 11) is -2.41. The second-order valence-corrected chi connectivity index (χ2v) is 1.91. The van der Waals surface area contributed by atoms with Gasteiger partial charge in [0.2, 0.25) is 0 Å². The van der Waals surface area contributed by atoms with E-state index in [9.17, 15) is 0 Å². The van der Waals surface area contributed by atoms with Gasteiger partial charge in [-0.3, -0.25) is 0 Å². The van der Waals surface area contributed by atoms with Gasteiger partial charge >= 0.3 is 26.2 Å². The summed E-state index contributed by atoms with van der Waals surface area (Å²) < 4.78 is 3.88. The van der Waals surface area contributed by atoms with Gasteiger partial charge in [0.25, 0.3) is 0 Å². The summed E-state index contributed by atoms with van der Waals surface area (Å²) in [6.07, 6.45) is 0. The molecule has 0 bridgehead atoms. The molecule has 0 aliphatic heterocycles. The third-order valence-corrected chi connectivity index (χ3v) is 0.949. The molecule has 0 heterocycles. The van der Waals surface area contributed by atoms with Gasteiger partial charge in [-0.2, -0.15) is 0 Å². The SMILES string of the molecule is O[Si](O)[O][Al]. The Kier molecular flexibility index (Phi) is 3.20. The molecule has 27 valence electrons. The monoisotopic (exact) mass is 105 g/mol. The van der Waals surface area contributed by atoms with Crippen LogP contribution in [0.2, 0.25) is 0 Å². The highest BCUT2D eigenvalue weighted by Gasteiger charge is 1.95. The highest BCUT2D eigenvalue weighted by atomic mass is 28.3. The van der Waals surface area contributed by atoms with Gasteiger partial charge in [-0.1, -0.05) is 0 Å². The molecule has 5 heavy (non-hydrogen) atoms. The molecule has 0 aromatic carbocycles. The highest BCUT2D eigenvalue weighted by Crippen LogP contribution is 1.58. The van der Waals surface area contributed by atoms with Crippen molar-refractivity contribution in [3.63, 3.8) is 0 Å². The van der Waals surface area contributed by atoms with E-state index in [0.29, 0.717) is 0 Å². The molecule has 0 atom stereocenters. The number of hydrogen-bond donors (Lipinski definition) is 2. The van der Waals surface area contributed by atoms with E-state index >= 15 is 0 Å². The maximum atomic E-state index is 7.78. The van der Waals surface area contributed by atoms with Crippen molar-refractivity contribution in [2.75, 3.05) is 0 Å². The lowest BCUT2D eigenvalue weighted by atomic mass is 15.7. The molecule has 2 N–H and O–H groups in total. The fraction of sp³-hybridized carbons (Fsp3) is 0. The lowest BCUT2D eigenvalue weighted by Gasteiger charge is -1.88. The zero-order valence-electron chi connectivity index (χ0n) is 2.38. The van der Waals surface area contributed by atoms with Crippen LogP contribution in [0.4, 0.5) is 0 Å². The fourth-order valence-electron chi connectivity index (χ4n) is 0. The minimum Gasteiger partial charge on any atom is -0.515 e. The lowest BCUT2D eigenvalue weighted by molar-refractivity contribution is 0.299. The first-order valence-electron chi connectivity index (χ1n) is 0.887. The van der Waals surface area contributed by atoms with Crippen LogP contribution < -0.4 is 0 Å². The van der Waals surface area contributed by atoms with Crippen LogP contribution in [0.5, 0.6) is 0 Å². The Morgan fingerprint density at radius 3 is 1.80 bits per heavy atom. The maximum Gasteiger partial charge on any atom is 0.539 e. The van der Waals surface area contributed by atoms with Gasteiger partial charge in [-0.15, -0.1) is 0 Å². The van der Waals surface area contributed by atoms with Crippen molar-refractivity contribution in [2.45, 2.75) is 0 Å². The van der Waals surface area contributed by atoms with Crippen molar-refractivity contribution < 1.29 is 13.1 Å². The first-order chi connectivity index (χ1) is 2.27. The first-order valence-corrected chi connectivity index (χ1v) is 2.66. The smallest absolute Gasteiger partial charge is 0.515 e. The Morgan fingerprint density at radius 2 is 1.80 bits per heavy atom. The molecular formula is H2AlO3Si. The summed E-state index contributed by atoms with van der Waals surface area (Å²) in [6.45, 7) is 0. The second kappa shape index (κ2) is 2.85. The van der Waals surface area contributed by atoms with E-state index in [1.807, 2.05) is 0 Å². The molecule has 0 aliphatic carbocycles. The van der Waals surface area contributed by atoms with Crippen LogP contribution in [0.1, 0.15) is 0 Å². The van der Waals surface area contributed by atoms with Crippen molar-refractivity contribution in [2.24, 2.45) is 0 Å². The Bertz CT molecular complexity index is 20.9. The van der Waals surface area contributed by atoms with Crippen LogP contribution >= 0.6 is 0 Å². The van der Waals surface area contributed by atoms with Gasteiger partial charge in [0.1, 0.15) is 0 Å². The molecule has 0 aromatic heterocycles. The summed E-state index contributed by atoms with van der Waals surface area (Å²) in [5, 5.41) is 0. The van der Waals surface area contributed by atoms with Gasteiger partial charge in [-0.05, 0) is 0 Å². The fourth-order valence-corrected chi connectivity index (χ4v) is 0. The predicted octanol–water partition coefficient (Wildman–Crippen LogP) is -1.94. The third-order valence-electron chi connectivity index (χ3n) is 0.105. The summed E-state index contributed by atoms with van der Waals surface area (Å²) >= 11 is 1.74. The summed E-state index contributed by atoms with van der Waals surface area (Å²) in [5.41, 5.74) is 0. The van der Waals surface area contributed by atoms with Crippen molar-refractivity contribution in [1.82, 2.24) is 0 Å². The van der Waals surface area contributed by atoms with Crippen molar-refractivity contribution in [3.05, 3.63) is 0 Å². The summed E-state index contributed by atoms with van der Waals surface area (Å²) in [6, 6.07) is 0. The normalized spacial score (nSPS) is 9.40. The van der Waals surface area contributed by atoms with Gasteiger partial charge in [0.05, 0.1) is 0 Å². The quantitative estimate of drug-likeness (QED) is 0.381. The van der Waals surface area contributed by atoms with Gasteiger partial charge in [-0.25, -0.2) is 0 Å². The van der Waals surface area contributed by atoms with Gasteiger partial charge in [0.15, 0.2) is 0 Å². The molecule has 0 amide bonds. The van der Waals surface area contributed by atoms with Crippen LogP contribution in [-0.2, 0) is 3.48 Å². The van der Waals surface area contributed by atoms with Crippen LogP contribution in [0.3, 0.4) is 0 Å². The zero-order valence-corrected chi connectivity index (χ0v) is 4.53. The Labute approximate surface area is 39.9 Å². The molecule has 0 aliphatic rings. The summed E-state index contributed by atoms with van der Waals surface area (Å²) in [5.74, 6) is 0. The Balaban J connectivity index is 2.54. The molecular weight excluding hydrogens is 103 g/mol. The minimum absolute atomic E-state index is 1.74. The van der Waals surface area contributed by atoms with E-state index in [4.69, 9.17) is 9.59 Å². The molecule has 0 saturated heterocycles. The number of rotatable bonds is 1. The standard InChI is InChI=1S/Al.H2O3Si/c;1-4(2)3/h;1-2H/q+1;-1. The first kappa shape index (κ1) is 5.63. The third kappa shape index (κ3) is 4.63. The lowest BCUT2D eigenvalue weighted by Crippen LogP contribution is -2.13. The van der Waals surface area contributed by atoms with E-state index in [1.165, 1.54) is 0 Å². The molecule has 0 rings (SSSR count). The second-order valence-electron chi connectivity index (χ2n) is 0.400. The van der Waals surface area contributed by atoms with Crippen molar-refractivity contribution >= 4 is 26.2 Å². The molecule has 0 aromatic rings. The average molecular weight is 105 g/mol. The van der Waals surface area contributed by atoms with Crippen molar-refractivity contribution in [1.29, 1.82) is 0 Å². The Hall–Kier alpha value is 0.629. The van der Waals surface area contributed by atoms with E-state index in [1.54, 1.807) is 16.6 Å². The van der Waals surface area contributed by atoms with Crippen molar-refractivity contribution in [3.8, 4) is 0 Å². The van der Waals surface area contributed by atoms with Crippen LogP contribution in [0, 0.1) is 0 Å². The average Bonchev–Trinajstić information content (AvgIpc) is 1.38. The predicted molar refractivity (Wildman–Crippen MR) is 17.0 cm³/mol. The Morgan fingerprint density at radius 1 is 1.60 bits per heavy atom. The number of hydrogen-bond acceptors (Lipinski definition) is 3. The van der Waals surface area contributed by atoms with E-state index in [0.717, 1.165) is 0 Å². The zero-order chi connectivity index (χ0) is 4.28. The highest BCUT2D eigenvalue weighted by molar-refractivity contribution is 6.38. The molecule has 0 saturated carbocycles. The van der Waals surface area contributed by atoms with E-state index in [2.05, 4.69) is 3.48 Å². The summed E-state index contributed by atoms with van der Waals surface area (Å²) in [4.78, 5) is 15.6. The minimum atomic E-state index is -2.41. The van der Waals surface area contributed by atoms with E-state index in [-0.39, 0.29) is 0 Å². The van der Waals surface area contributed by atoms with Gasteiger partial charge < -0.3 is 13.1 Å². The van der Waals surface area contributed by atoms with Gasteiger partial charge in [0, 0.05) is 0 Å². The van der Waals surface area contributed by atoms with Crippen LogP contribution in [-0.4, -0.2) is 35.7 Å². The van der Waals surface area contributed by atoms with Crippen LogP contribution in [0.25, 0.3) is 0 Å². The van der Waals surface area contributed by atoms with E-state index < -0.39 is 9.53 Å². The molecule has 0 spiro atoms. The topological polar surface area (TPSA) is 49.7 Å².